The van der Waals surface area contributed by atoms with E-state index in [1.807, 2.05) is 0 Å². The van der Waals surface area contributed by atoms with Gasteiger partial charge in [-0.15, -0.1) is 0 Å². The van der Waals surface area contributed by atoms with Gasteiger partial charge in [-0.2, -0.15) is 5.26 Å². The monoisotopic (exact) mass is 247 g/mol. The minimum Gasteiger partial charge on any atom is -0.299 e. The van der Waals surface area contributed by atoms with E-state index >= 15 is 0 Å². The van der Waals surface area contributed by atoms with Crippen molar-refractivity contribution in [3.05, 3.63) is 34.9 Å². The Morgan fingerprint density at radius 3 is 2.41 bits per heavy atom. The normalized spacial score (nSPS) is 24.5. The van der Waals surface area contributed by atoms with Crippen LogP contribution in [-0.4, -0.2) is 11.6 Å². The molecule has 86 valence electrons. The molecule has 1 aliphatic carbocycles. The van der Waals surface area contributed by atoms with Gasteiger partial charge in [-0.25, -0.2) is 0 Å². The molecule has 0 N–H and O–H groups in total. The lowest BCUT2D eigenvalue weighted by Gasteiger charge is -2.28. The highest BCUT2D eigenvalue weighted by molar-refractivity contribution is 6.30. The third kappa shape index (κ3) is 1.96. The lowest BCUT2D eigenvalue weighted by Crippen LogP contribution is -2.40. The number of hydrogen-bond acceptors (Lipinski definition) is 3. The van der Waals surface area contributed by atoms with Crippen LogP contribution in [-0.2, 0) is 15.0 Å². The molecule has 1 aromatic carbocycles. The quantitative estimate of drug-likeness (QED) is 0.716. The average molecular weight is 248 g/mol. The van der Waals surface area contributed by atoms with Gasteiger partial charge in [0.25, 0.3) is 0 Å². The van der Waals surface area contributed by atoms with E-state index in [2.05, 4.69) is 6.07 Å². The van der Waals surface area contributed by atoms with Crippen molar-refractivity contribution in [2.24, 2.45) is 0 Å². The fraction of sp³-hybridized carbons (Fsp3) is 0.308. The minimum absolute atomic E-state index is 0.0881. The van der Waals surface area contributed by atoms with Crippen LogP contribution >= 0.6 is 11.6 Å². The van der Waals surface area contributed by atoms with E-state index in [1.54, 1.807) is 24.3 Å². The first-order chi connectivity index (χ1) is 8.08. The summed E-state index contributed by atoms with van der Waals surface area (Å²) in [5.41, 5.74) is -0.541. The zero-order valence-corrected chi connectivity index (χ0v) is 9.83. The molecule has 0 radical (unpaired) electrons. The van der Waals surface area contributed by atoms with Crippen LogP contribution in [0.15, 0.2) is 24.3 Å². The van der Waals surface area contributed by atoms with Gasteiger partial charge in [0, 0.05) is 11.4 Å². The van der Waals surface area contributed by atoms with Gasteiger partial charge < -0.3 is 0 Å². The predicted octanol–water partition coefficient (Wildman–Crippen LogP) is 2.42. The van der Waals surface area contributed by atoms with Crippen LogP contribution in [0.5, 0.6) is 0 Å². The van der Waals surface area contributed by atoms with Gasteiger partial charge in [-0.1, -0.05) is 23.7 Å². The van der Waals surface area contributed by atoms with Gasteiger partial charge in [-0.3, -0.25) is 9.59 Å². The Hall–Kier alpha value is -1.66. The summed E-state index contributed by atoms with van der Waals surface area (Å²) >= 11 is 5.78. The Morgan fingerprint density at radius 2 is 1.88 bits per heavy atom. The number of benzene rings is 1. The maximum Gasteiger partial charge on any atom is 0.164 e. The minimum atomic E-state index is -1.17. The summed E-state index contributed by atoms with van der Waals surface area (Å²) in [5.74, 6) is -0.395. The number of hydrogen-bond donors (Lipinski definition) is 0. The highest BCUT2D eigenvalue weighted by Gasteiger charge is 2.44. The number of nitriles is 1. The highest BCUT2D eigenvalue weighted by atomic mass is 35.5. The van der Waals surface area contributed by atoms with Crippen molar-refractivity contribution >= 4 is 23.2 Å². The van der Waals surface area contributed by atoms with Gasteiger partial charge in [0.2, 0.25) is 0 Å². The third-order valence-corrected chi connectivity index (χ3v) is 3.39. The van der Waals surface area contributed by atoms with Crippen LogP contribution in [0.25, 0.3) is 0 Å². The van der Waals surface area contributed by atoms with Gasteiger partial charge in [0.05, 0.1) is 12.5 Å². The molecule has 0 saturated heterocycles. The van der Waals surface area contributed by atoms with Crippen LogP contribution in [0, 0.1) is 11.3 Å². The molecule has 4 heteroatoms. The summed E-state index contributed by atoms with van der Waals surface area (Å²) in [6.07, 6.45) is 0.404. The van der Waals surface area contributed by atoms with E-state index in [1.165, 1.54) is 0 Å². The van der Waals surface area contributed by atoms with Crippen LogP contribution in [0.2, 0.25) is 5.02 Å². The Bertz CT molecular complexity index is 515. The summed E-state index contributed by atoms with van der Waals surface area (Å²) < 4.78 is 0. The topological polar surface area (TPSA) is 57.9 Å². The molecule has 1 unspecified atom stereocenters. The Morgan fingerprint density at radius 1 is 1.24 bits per heavy atom. The van der Waals surface area contributed by atoms with Crippen molar-refractivity contribution in [1.29, 1.82) is 5.26 Å². The molecule has 0 heterocycles. The molecule has 1 atom stereocenters. The van der Waals surface area contributed by atoms with Crippen LogP contribution in [0.4, 0.5) is 0 Å². The van der Waals surface area contributed by atoms with Gasteiger partial charge in [-0.05, 0) is 24.1 Å². The lowest BCUT2D eigenvalue weighted by molar-refractivity contribution is -0.132. The van der Waals surface area contributed by atoms with E-state index in [9.17, 15) is 14.9 Å². The Kier molecular flexibility index (Phi) is 2.99. The second-order valence-corrected chi connectivity index (χ2v) is 4.60. The Labute approximate surface area is 104 Å². The molecule has 1 saturated carbocycles. The number of ketones is 2. The SMILES string of the molecule is N#CC1(c2ccc(Cl)cc2)CCC(=O)CC1=O. The second-order valence-electron chi connectivity index (χ2n) is 4.16. The van der Waals surface area contributed by atoms with E-state index in [-0.39, 0.29) is 30.8 Å². The fourth-order valence-corrected chi connectivity index (χ4v) is 2.23. The summed E-state index contributed by atoms with van der Waals surface area (Å²) in [6, 6.07) is 8.74. The molecule has 0 bridgehead atoms. The van der Waals surface area contributed by atoms with Crippen LogP contribution in [0.3, 0.4) is 0 Å². The molecule has 17 heavy (non-hydrogen) atoms. The molecule has 1 fully saturated rings. The summed E-state index contributed by atoms with van der Waals surface area (Å²) in [7, 11) is 0. The number of Topliss-reactive ketones (excluding diaryl/α,β-unsaturated/α-hetero) is 2. The van der Waals surface area contributed by atoms with Gasteiger partial charge in [0.1, 0.15) is 11.2 Å². The largest absolute Gasteiger partial charge is 0.299 e. The van der Waals surface area contributed by atoms with E-state index in [4.69, 9.17) is 11.6 Å². The first-order valence-corrected chi connectivity index (χ1v) is 5.68. The first kappa shape index (κ1) is 11.8. The third-order valence-electron chi connectivity index (χ3n) is 3.14. The van der Waals surface area contributed by atoms with Gasteiger partial charge in [0.15, 0.2) is 5.78 Å². The smallest absolute Gasteiger partial charge is 0.164 e. The molecular formula is C13H10ClNO2. The average Bonchev–Trinajstić information content (AvgIpc) is 2.31. The number of carbonyl (C=O) groups is 2. The molecule has 0 aromatic heterocycles. The van der Waals surface area contributed by atoms with Crippen LogP contribution in [0.1, 0.15) is 24.8 Å². The second kappa shape index (κ2) is 4.31. The molecule has 0 amide bonds. The van der Waals surface area contributed by atoms with Crippen molar-refractivity contribution in [3.63, 3.8) is 0 Å². The molecule has 3 nitrogen and oxygen atoms in total. The standard InChI is InChI=1S/C13H10ClNO2/c14-10-3-1-9(2-4-10)13(8-15)6-5-11(16)7-12(13)17/h1-4H,5-7H2. The van der Waals surface area contributed by atoms with Crippen molar-refractivity contribution in [2.45, 2.75) is 24.7 Å². The molecular weight excluding hydrogens is 238 g/mol. The van der Waals surface area contributed by atoms with Crippen molar-refractivity contribution in [3.8, 4) is 6.07 Å². The summed E-state index contributed by atoms with van der Waals surface area (Å²) in [6.45, 7) is 0. The lowest BCUT2D eigenvalue weighted by atomic mass is 9.69. The summed E-state index contributed by atoms with van der Waals surface area (Å²) in [4.78, 5) is 23.2. The first-order valence-electron chi connectivity index (χ1n) is 5.31. The van der Waals surface area contributed by atoms with Crippen molar-refractivity contribution < 1.29 is 9.59 Å². The maximum absolute atomic E-state index is 12.0. The molecule has 1 aromatic rings. The molecule has 1 aliphatic rings. The molecule has 2 rings (SSSR count). The zero-order chi connectivity index (χ0) is 12.5. The highest BCUT2D eigenvalue weighted by Crippen LogP contribution is 2.35. The van der Waals surface area contributed by atoms with E-state index in [0.29, 0.717) is 10.6 Å². The van der Waals surface area contributed by atoms with Crippen LogP contribution < -0.4 is 0 Å². The number of rotatable bonds is 1. The van der Waals surface area contributed by atoms with Gasteiger partial charge >= 0.3 is 0 Å². The maximum atomic E-state index is 12.0. The Balaban J connectivity index is 2.45. The molecule has 0 aliphatic heterocycles. The number of nitrogens with zero attached hydrogens (tertiary/aromatic N) is 1. The molecule has 0 spiro atoms. The summed E-state index contributed by atoms with van der Waals surface area (Å²) in [5, 5.41) is 9.86. The zero-order valence-electron chi connectivity index (χ0n) is 9.07. The predicted molar refractivity (Wildman–Crippen MR) is 62.6 cm³/mol. The van der Waals surface area contributed by atoms with Crippen molar-refractivity contribution in [1.82, 2.24) is 0 Å². The fourth-order valence-electron chi connectivity index (χ4n) is 2.11. The van der Waals surface area contributed by atoms with E-state index in [0.717, 1.165) is 0 Å². The van der Waals surface area contributed by atoms with E-state index < -0.39 is 5.41 Å². The van der Waals surface area contributed by atoms with Crippen molar-refractivity contribution in [2.75, 3.05) is 0 Å². The number of halogens is 1. The number of carbonyl (C=O) groups excluding carboxylic acids is 2.